The summed E-state index contributed by atoms with van der Waals surface area (Å²) in [6.45, 7) is 0.541. The van der Waals surface area contributed by atoms with E-state index in [1.165, 1.54) is 32.1 Å². The van der Waals surface area contributed by atoms with Crippen LogP contribution in [0.4, 0.5) is 0 Å². The van der Waals surface area contributed by atoms with E-state index in [2.05, 4.69) is 4.98 Å². The second-order valence-electron chi connectivity index (χ2n) is 4.98. The standard InChI is InChI=1S/C14H17NO3.CH4/c16-14(18-9-10-4-2-1-3-5-10)12-8-13-11(15-12)6-7-17-13;/h6-8,10,15H,1-5,9H2;1H4. The van der Waals surface area contributed by atoms with Crippen LogP contribution in [0.3, 0.4) is 0 Å². The molecule has 4 heteroatoms. The van der Waals surface area contributed by atoms with E-state index in [-0.39, 0.29) is 13.4 Å². The molecule has 0 bridgehead atoms. The van der Waals surface area contributed by atoms with Gasteiger partial charge in [0.05, 0.1) is 18.4 Å². The molecule has 0 saturated heterocycles. The first kappa shape index (κ1) is 13.7. The summed E-state index contributed by atoms with van der Waals surface area (Å²) in [6.07, 6.45) is 7.80. The monoisotopic (exact) mass is 263 g/mol. The summed E-state index contributed by atoms with van der Waals surface area (Å²) in [5.41, 5.74) is 2.00. The van der Waals surface area contributed by atoms with Gasteiger partial charge in [0, 0.05) is 12.1 Å². The average molecular weight is 263 g/mol. The fraction of sp³-hybridized carbons (Fsp3) is 0.533. The van der Waals surface area contributed by atoms with Crippen LogP contribution in [0.2, 0.25) is 0 Å². The number of aromatic amines is 1. The zero-order chi connectivity index (χ0) is 12.4. The van der Waals surface area contributed by atoms with Crippen LogP contribution in [0.1, 0.15) is 50.0 Å². The van der Waals surface area contributed by atoms with Crippen molar-refractivity contribution >= 4 is 17.1 Å². The highest BCUT2D eigenvalue weighted by molar-refractivity contribution is 5.93. The molecule has 19 heavy (non-hydrogen) atoms. The fourth-order valence-corrected chi connectivity index (χ4v) is 2.58. The number of esters is 1. The zero-order valence-electron chi connectivity index (χ0n) is 10.3. The Kier molecular flexibility index (Phi) is 4.30. The molecule has 1 aliphatic rings. The molecule has 0 atom stereocenters. The maximum absolute atomic E-state index is 11.9. The van der Waals surface area contributed by atoms with Crippen molar-refractivity contribution < 1.29 is 13.9 Å². The van der Waals surface area contributed by atoms with Gasteiger partial charge in [-0.15, -0.1) is 0 Å². The Morgan fingerprint density at radius 1 is 1.37 bits per heavy atom. The number of aromatic nitrogens is 1. The van der Waals surface area contributed by atoms with Gasteiger partial charge >= 0.3 is 5.97 Å². The molecule has 0 spiro atoms. The number of rotatable bonds is 3. The van der Waals surface area contributed by atoms with Gasteiger partial charge in [0.2, 0.25) is 0 Å². The van der Waals surface area contributed by atoms with E-state index < -0.39 is 0 Å². The summed E-state index contributed by atoms with van der Waals surface area (Å²) in [6, 6.07) is 3.49. The minimum absolute atomic E-state index is 0. The van der Waals surface area contributed by atoms with Crippen LogP contribution in [-0.2, 0) is 4.74 Å². The predicted octanol–water partition coefficient (Wildman–Crippen LogP) is 4.13. The first-order chi connectivity index (χ1) is 8.83. The lowest BCUT2D eigenvalue weighted by atomic mass is 9.90. The summed E-state index contributed by atoms with van der Waals surface area (Å²) in [5.74, 6) is 0.257. The quantitative estimate of drug-likeness (QED) is 0.847. The Morgan fingerprint density at radius 3 is 2.89 bits per heavy atom. The van der Waals surface area contributed by atoms with Gasteiger partial charge < -0.3 is 14.1 Å². The molecule has 0 aliphatic heterocycles. The van der Waals surface area contributed by atoms with E-state index in [4.69, 9.17) is 9.15 Å². The zero-order valence-corrected chi connectivity index (χ0v) is 10.3. The fourth-order valence-electron chi connectivity index (χ4n) is 2.58. The molecule has 1 aliphatic carbocycles. The van der Waals surface area contributed by atoms with Gasteiger partial charge in [-0.1, -0.05) is 26.7 Å². The highest BCUT2D eigenvalue weighted by atomic mass is 16.5. The molecule has 0 radical (unpaired) electrons. The van der Waals surface area contributed by atoms with Crippen LogP contribution in [0.25, 0.3) is 11.1 Å². The Balaban J connectivity index is 0.00000133. The van der Waals surface area contributed by atoms with Crippen LogP contribution < -0.4 is 0 Å². The largest absolute Gasteiger partial charge is 0.463 e. The van der Waals surface area contributed by atoms with Gasteiger partial charge in [0.1, 0.15) is 5.69 Å². The first-order valence-electron chi connectivity index (χ1n) is 6.56. The van der Waals surface area contributed by atoms with E-state index in [0.29, 0.717) is 23.8 Å². The summed E-state index contributed by atoms with van der Waals surface area (Å²) in [5, 5.41) is 0. The molecule has 0 amide bonds. The number of furan rings is 1. The van der Waals surface area contributed by atoms with Crippen LogP contribution >= 0.6 is 0 Å². The smallest absolute Gasteiger partial charge is 0.354 e. The molecule has 1 N–H and O–H groups in total. The predicted molar refractivity (Wildman–Crippen MR) is 74.2 cm³/mol. The topological polar surface area (TPSA) is 55.2 Å². The van der Waals surface area contributed by atoms with Crippen molar-refractivity contribution in [1.82, 2.24) is 4.98 Å². The minimum atomic E-state index is -0.285. The molecule has 3 rings (SSSR count). The van der Waals surface area contributed by atoms with E-state index in [1.807, 2.05) is 0 Å². The van der Waals surface area contributed by atoms with Gasteiger partial charge in [-0.25, -0.2) is 4.79 Å². The molecule has 104 valence electrons. The van der Waals surface area contributed by atoms with Crippen molar-refractivity contribution in [2.75, 3.05) is 6.61 Å². The van der Waals surface area contributed by atoms with Gasteiger partial charge in [-0.2, -0.15) is 0 Å². The van der Waals surface area contributed by atoms with Crippen molar-refractivity contribution in [1.29, 1.82) is 0 Å². The molecule has 0 aromatic carbocycles. The van der Waals surface area contributed by atoms with Gasteiger partial charge in [0.25, 0.3) is 0 Å². The van der Waals surface area contributed by atoms with Crippen LogP contribution in [-0.4, -0.2) is 17.6 Å². The number of ether oxygens (including phenoxy) is 1. The molecule has 4 nitrogen and oxygen atoms in total. The Morgan fingerprint density at radius 2 is 2.16 bits per heavy atom. The Bertz CT molecular complexity index is 506. The summed E-state index contributed by atoms with van der Waals surface area (Å²) >= 11 is 0. The second kappa shape index (κ2) is 5.95. The SMILES string of the molecule is C.O=C(OCC1CCCCC1)c1cc2occc2[nH]1. The van der Waals surface area contributed by atoms with E-state index in [0.717, 1.165) is 5.52 Å². The molecular formula is C15H21NO3. The molecule has 1 fully saturated rings. The third-order valence-electron chi connectivity index (χ3n) is 3.63. The third-order valence-corrected chi connectivity index (χ3v) is 3.63. The number of H-pyrrole nitrogens is 1. The van der Waals surface area contributed by atoms with Crippen LogP contribution in [0.5, 0.6) is 0 Å². The number of nitrogens with one attached hydrogen (secondary N) is 1. The maximum atomic E-state index is 11.9. The number of hydrogen-bond acceptors (Lipinski definition) is 3. The van der Waals surface area contributed by atoms with Gasteiger partial charge in [0.15, 0.2) is 5.58 Å². The molecule has 1 saturated carbocycles. The molecule has 2 aromatic heterocycles. The van der Waals surface area contributed by atoms with Crippen molar-refractivity contribution in [3.8, 4) is 0 Å². The lowest BCUT2D eigenvalue weighted by Gasteiger charge is -2.20. The highest BCUT2D eigenvalue weighted by Crippen LogP contribution is 2.24. The maximum Gasteiger partial charge on any atom is 0.354 e. The summed E-state index contributed by atoms with van der Waals surface area (Å²) < 4.78 is 10.6. The second-order valence-corrected chi connectivity index (χ2v) is 4.98. The van der Waals surface area contributed by atoms with Crippen LogP contribution in [0.15, 0.2) is 22.8 Å². The first-order valence-corrected chi connectivity index (χ1v) is 6.56. The number of carbonyl (C=O) groups excluding carboxylic acids is 1. The van der Waals surface area contributed by atoms with Crippen LogP contribution in [0, 0.1) is 5.92 Å². The average Bonchev–Trinajstić information content (AvgIpc) is 2.98. The summed E-state index contributed by atoms with van der Waals surface area (Å²) in [4.78, 5) is 14.9. The third kappa shape index (κ3) is 3.00. The minimum Gasteiger partial charge on any atom is -0.463 e. The van der Waals surface area contributed by atoms with Crippen molar-refractivity contribution in [2.24, 2.45) is 5.92 Å². The van der Waals surface area contributed by atoms with Crippen molar-refractivity contribution in [3.05, 3.63) is 24.1 Å². The lowest BCUT2D eigenvalue weighted by molar-refractivity contribution is 0.0404. The van der Waals surface area contributed by atoms with Gasteiger partial charge in [-0.3, -0.25) is 0 Å². The molecule has 2 aromatic rings. The van der Waals surface area contributed by atoms with Crippen molar-refractivity contribution in [3.63, 3.8) is 0 Å². The molecule has 0 unspecified atom stereocenters. The Hall–Kier alpha value is -1.71. The van der Waals surface area contributed by atoms with Gasteiger partial charge in [-0.05, 0) is 18.8 Å². The van der Waals surface area contributed by atoms with E-state index in [1.54, 1.807) is 18.4 Å². The number of hydrogen-bond donors (Lipinski definition) is 1. The summed E-state index contributed by atoms with van der Waals surface area (Å²) in [7, 11) is 0. The normalized spacial score (nSPS) is 16.2. The number of fused-ring (bicyclic) bond motifs is 1. The van der Waals surface area contributed by atoms with E-state index >= 15 is 0 Å². The van der Waals surface area contributed by atoms with Crippen molar-refractivity contribution in [2.45, 2.75) is 39.5 Å². The molecular weight excluding hydrogens is 242 g/mol. The molecule has 2 heterocycles. The Labute approximate surface area is 113 Å². The van der Waals surface area contributed by atoms with E-state index in [9.17, 15) is 4.79 Å². The lowest BCUT2D eigenvalue weighted by Crippen LogP contribution is -2.16. The number of carbonyl (C=O) groups is 1. The highest BCUT2D eigenvalue weighted by Gasteiger charge is 2.17.